The van der Waals surface area contributed by atoms with Gasteiger partial charge in [0.15, 0.2) is 0 Å². The molecule has 18 heavy (non-hydrogen) atoms. The molecule has 3 nitrogen and oxygen atoms in total. The molecular formula is C14H22N2OS. The van der Waals surface area contributed by atoms with Crippen molar-refractivity contribution in [3.63, 3.8) is 0 Å². The second-order valence-electron chi connectivity index (χ2n) is 4.83. The van der Waals surface area contributed by atoms with E-state index in [2.05, 4.69) is 30.6 Å². The third kappa shape index (κ3) is 3.12. The van der Waals surface area contributed by atoms with Gasteiger partial charge in [-0.2, -0.15) is 0 Å². The third-order valence-electron chi connectivity index (χ3n) is 3.69. The van der Waals surface area contributed by atoms with E-state index < -0.39 is 0 Å². The molecule has 0 bridgehead atoms. The van der Waals surface area contributed by atoms with Crippen molar-refractivity contribution in [3.05, 3.63) is 21.9 Å². The molecule has 0 radical (unpaired) electrons. The van der Waals surface area contributed by atoms with Gasteiger partial charge in [0, 0.05) is 24.0 Å². The molecule has 0 spiro atoms. The molecule has 4 heteroatoms. The van der Waals surface area contributed by atoms with E-state index in [9.17, 15) is 4.79 Å². The van der Waals surface area contributed by atoms with Crippen molar-refractivity contribution < 1.29 is 4.79 Å². The molecular weight excluding hydrogens is 244 g/mol. The fourth-order valence-electron chi connectivity index (χ4n) is 2.38. The molecule has 1 aliphatic heterocycles. The topological polar surface area (TPSA) is 32.3 Å². The summed E-state index contributed by atoms with van der Waals surface area (Å²) in [5, 5.41) is 5.47. The van der Waals surface area contributed by atoms with Crippen LogP contribution >= 0.6 is 11.3 Å². The molecule has 1 aromatic rings. The summed E-state index contributed by atoms with van der Waals surface area (Å²) in [6, 6.07) is 2.61. The minimum Gasteiger partial charge on any atom is -0.337 e. The number of rotatable bonds is 5. The van der Waals surface area contributed by atoms with Crippen molar-refractivity contribution >= 4 is 17.2 Å². The highest BCUT2D eigenvalue weighted by atomic mass is 32.1. The number of carbonyl (C=O) groups excluding carboxylic acids is 1. The summed E-state index contributed by atoms with van der Waals surface area (Å²) >= 11 is 1.81. The number of hydrogen-bond acceptors (Lipinski definition) is 3. The fourth-order valence-corrected chi connectivity index (χ4v) is 3.27. The zero-order valence-corrected chi connectivity index (χ0v) is 12.1. The van der Waals surface area contributed by atoms with Crippen LogP contribution in [0.3, 0.4) is 0 Å². The van der Waals surface area contributed by atoms with E-state index in [4.69, 9.17) is 0 Å². The highest BCUT2D eigenvalue weighted by molar-refractivity contribution is 7.10. The van der Waals surface area contributed by atoms with Gasteiger partial charge < -0.3 is 10.2 Å². The molecule has 0 saturated carbocycles. The first kappa shape index (κ1) is 13.6. The average molecular weight is 266 g/mol. The lowest BCUT2D eigenvalue weighted by Crippen LogP contribution is -2.43. The van der Waals surface area contributed by atoms with Crippen LogP contribution in [-0.2, 0) is 17.8 Å². The smallest absolute Gasteiger partial charge is 0.236 e. The van der Waals surface area contributed by atoms with Gasteiger partial charge in [0.1, 0.15) is 0 Å². The van der Waals surface area contributed by atoms with Crippen molar-refractivity contribution in [1.29, 1.82) is 0 Å². The van der Waals surface area contributed by atoms with Crippen LogP contribution in [0.1, 0.15) is 37.1 Å². The standard InChI is InChI=1S/C14H22N2OS/c1-3-12(4-2)15-9-14(17)16-7-5-13-11(10-16)6-8-18-13/h6,8,12,15H,3-5,7,9-10H2,1-2H3. The van der Waals surface area contributed by atoms with Crippen LogP contribution < -0.4 is 5.32 Å². The molecule has 100 valence electrons. The van der Waals surface area contributed by atoms with Gasteiger partial charge in [-0.15, -0.1) is 11.3 Å². The monoisotopic (exact) mass is 266 g/mol. The highest BCUT2D eigenvalue weighted by Gasteiger charge is 2.21. The minimum absolute atomic E-state index is 0.235. The van der Waals surface area contributed by atoms with Crippen molar-refractivity contribution in [1.82, 2.24) is 10.2 Å². The molecule has 1 amide bonds. The minimum atomic E-state index is 0.235. The highest BCUT2D eigenvalue weighted by Crippen LogP contribution is 2.23. The van der Waals surface area contributed by atoms with Gasteiger partial charge in [0.2, 0.25) is 5.91 Å². The molecule has 0 saturated heterocycles. The van der Waals surface area contributed by atoms with Crippen LogP contribution in [0.5, 0.6) is 0 Å². The zero-order chi connectivity index (χ0) is 13.0. The number of amides is 1. The number of nitrogens with one attached hydrogen (secondary N) is 1. The average Bonchev–Trinajstić information content (AvgIpc) is 2.86. The van der Waals surface area contributed by atoms with Gasteiger partial charge in [-0.1, -0.05) is 13.8 Å². The fraction of sp³-hybridized carbons (Fsp3) is 0.643. The first-order valence-electron chi connectivity index (χ1n) is 6.81. The van der Waals surface area contributed by atoms with Gasteiger partial charge in [0.05, 0.1) is 6.54 Å². The van der Waals surface area contributed by atoms with Crippen LogP contribution in [0.15, 0.2) is 11.4 Å². The van der Waals surface area contributed by atoms with Crippen LogP contribution in [0, 0.1) is 0 Å². The van der Waals surface area contributed by atoms with Crippen LogP contribution in [0.25, 0.3) is 0 Å². The maximum atomic E-state index is 12.1. The molecule has 0 atom stereocenters. The van der Waals surface area contributed by atoms with Crippen molar-refractivity contribution in [2.45, 2.75) is 45.7 Å². The van der Waals surface area contributed by atoms with Crippen molar-refractivity contribution in [2.75, 3.05) is 13.1 Å². The molecule has 1 aliphatic rings. The van der Waals surface area contributed by atoms with E-state index in [1.165, 1.54) is 10.4 Å². The molecule has 0 aromatic carbocycles. The SMILES string of the molecule is CCC(CC)NCC(=O)N1CCc2sccc2C1. The van der Waals surface area contributed by atoms with Crippen LogP contribution in [0.2, 0.25) is 0 Å². The second-order valence-corrected chi connectivity index (χ2v) is 5.83. The number of nitrogens with zero attached hydrogens (tertiary/aromatic N) is 1. The maximum absolute atomic E-state index is 12.1. The Hall–Kier alpha value is -0.870. The Labute approximate surface area is 113 Å². The number of carbonyl (C=O) groups is 1. The maximum Gasteiger partial charge on any atom is 0.236 e. The Morgan fingerprint density at radius 2 is 2.28 bits per heavy atom. The quantitative estimate of drug-likeness (QED) is 0.887. The van der Waals surface area contributed by atoms with Crippen LogP contribution in [-0.4, -0.2) is 29.9 Å². The number of hydrogen-bond donors (Lipinski definition) is 1. The van der Waals surface area contributed by atoms with E-state index in [1.54, 1.807) is 0 Å². The normalized spacial score (nSPS) is 14.9. The van der Waals surface area contributed by atoms with Crippen molar-refractivity contribution in [2.24, 2.45) is 0 Å². The molecule has 2 rings (SSSR count). The second kappa shape index (κ2) is 6.34. The summed E-state index contributed by atoms with van der Waals surface area (Å²) in [5.41, 5.74) is 1.34. The largest absolute Gasteiger partial charge is 0.337 e. The summed E-state index contributed by atoms with van der Waals surface area (Å²) in [4.78, 5) is 15.6. The van der Waals surface area contributed by atoms with Crippen molar-refractivity contribution in [3.8, 4) is 0 Å². The number of fused-ring (bicyclic) bond motifs is 1. The lowest BCUT2D eigenvalue weighted by Gasteiger charge is -2.28. The Bertz CT molecular complexity index is 398. The predicted octanol–water partition coefficient (Wildman–Crippen LogP) is 2.41. The summed E-state index contributed by atoms with van der Waals surface area (Å²) in [6.07, 6.45) is 3.18. The molecule has 1 N–H and O–H groups in total. The molecule has 0 unspecified atom stereocenters. The Morgan fingerprint density at radius 3 is 3.00 bits per heavy atom. The third-order valence-corrected chi connectivity index (χ3v) is 4.71. The van der Waals surface area contributed by atoms with Gasteiger partial charge in [-0.3, -0.25) is 4.79 Å². The molecule has 0 aliphatic carbocycles. The first-order chi connectivity index (χ1) is 8.74. The van der Waals surface area contributed by atoms with Gasteiger partial charge in [-0.25, -0.2) is 0 Å². The lowest BCUT2D eigenvalue weighted by molar-refractivity contribution is -0.131. The number of thiophene rings is 1. The van der Waals surface area contributed by atoms with Gasteiger partial charge in [0.25, 0.3) is 0 Å². The Balaban J connectivity index is 1.84. The van der Waals surface area contributed by atoms with E-state index in [0.29, 0.717) is 12.6 Å². The van der Waals surface area contributed by atoms with Gasteiger partial charge >= 0.3 is 0 Å². The van der Waals surface area contributed by atoms with E-state index in [1.807, 2.05) is 16.2 Å². The summed E-state index contributed by atoms with van der Waals surface area (Å²) in [7, 11) is 0. The summed E-state index contributed by atoms with van der Waals surface area (Å²) < 4.78 is 0. The van der Waals surface area contributed by atoms with Crippen LogP contribution in [0.4, 0.5) is 0 Å². The first-order valence-corrected chi connectivity index (χ1v) is 7.69. The van der Waals surface area contributed by atoms with E-state index >= 15 is 0 Å². The molecule has 0 fully saturated rings. The lowest BCUT2D eigenvalue weighted by atomic mass is 10.1. The Kier molecular flexibility index (Phi) is 4.78. The summed E-state index contributed by atoms with van der Waals surface area (Å²) in [5.74, 6) is 0.235. The Morgan fingerprint density at radius 1 is 1.50 bits per heavy atom. The molecule has 2 heterocycles. The predicted molar refractivity (Wildman–Crippen MR) is 75.8 cm³/mol. The van der Waals surface area contributed by atoms with Gasteiger partial charge in [-0.05, 0) is 36.3 Å². The van der Waals surface area contributed by atoms with E-state index in [0.717, 1.165) is 32.4 Å². The zero-order valence-electron chi connectivity index (χ0n) is 11.2. The van der Waals surface area contributed by atoms with E-state index in [-0.39, 0.29) is 5.91 Å². The molecule has 1 aromatic heterocycles. The summed E-state index contributed by atoms with van der Waals surface area (Å²) in [6.45, 7) is 6.46.